The fourth-order valence-electron chi connectivity index (χ4n) is 0.460. The molecule has 1 atom stereocenters. The van der Waals surface area contributed by atoms with Crippen molar-refractivity contribution < 1.29 is 16.5 Å². The van der Waals surface area contributed by atoms with Crippen LogP contribution in [-0.2, 0) is 16.5 Å². The minimum absolute atomic E-state index is 0. The zero-order chi connectivity index (χ0) is 6.41. The number of unbranched alkanes of at least 4 members (excludes halogenated alkanes) is 1. The first-order valence-corrected chi connectivity index (χ1v) is 3.77. The number of rotatable bonds is 4. The van der Waals surface area contributed by atoms with Gasteiger partial charge in [-0.3, -0.25) is 0 Å². The molecule has 0 amide bonds. The van der Waals surface area contributed by atoms with Gasteiger partial charge < -0.3 is 6.92 Å². The van der Waals surface area contributed by atoms with Crippen LogP contribution in [0.25, 0.3) is 0 Å². The molecule has 0 aromatic carbocycles. The maximum Gasteiger partial charge on any atom is 0.0223 e. The number of hydrogen-bond donors (Lipinski definition) is 0. The molecule has 0 saturated heterocycles. The van der Waals surface area contributed by atoms with Crippen LogP contribution in [0.15, 0.2) is 0 Å². The Kier molecular flexibility index (Phi) is 12.8. The summed E-state index contributed by atoms with van der Waals surface area (Å²) in [5.41, 5.74) is 0. The Bertz CT molecular complexity index is 48.3. The smallest absolute Gasteiger partial charge is 0.0223 e. The second-order valence-corrected chi connectivity index (χ2v) is 2.78. The van der Waals surface area contributed by atoms with Gasteiger partial charge in [0.1, 0.15) is 0 Å². The predicted octanol–water partition coefficient (Wildman–Crippen LogP) is 2.83. The standard InChI is InChI=1S/C6H11Cl2.Ni/c1-6(8)4-2-3-5-7;/h6H,1-5H2;/q-1;. The molecule has 0 aromatic rings. The van der Waals surface area contributed by atoms with Crippen LogP contribution < -0.4 is 0 Å². The molecule has 1 unspecified atom stereocenters. The van der Waals surface area contributed by atoms with Crippen molar-refractivity contribution in [2.45, 2.75) is 24.6 Å². The van der Waals surface area contributed by atoms with Gasteiger partial charge in [0.15, 0.2) is 0 Å². The molecule has 60 valence electrons. The molecule has 0 aliphatic heterocycles. The van der Waals surface area contributed by atoms with E-state index >= 15 is 0 Å². The number of hydrogen-bond acceptors (Lipinski definition) is 0. The van der Waals surface area contributed by atoms with Crippen molar-refractivity contribution in [2.75, 3.05) is 5.88 Å². The molecule has 0 rings (SSSR count). The van der Waals surface area contributed by atoms with Gasteiger partial charge in [0.05, 0.1) is 0 Å². The van der Waals surface area contributed by atoms with E-state index in [0.29, 0.717) is 0 Å². The fraction of sp³-hybridized carbons (Fsp3) is 0.833. The predicted molar refractivity (Wildman–Crippen MR) is 39.6 cm³/mol. The normalized spacial score (nSPS) is 12.3. The zero-order valence-electron chi connectivity index (χ0n) is 5.19. The molecular weight excluding hydrogens is 202 g/mol. The van der Waals surface area contributed by atoms with E-state index in [1.807, 2.05) is 0 Å². The Labute approximate surface area is 77.2 Å². The van der Waals surface area contributed by atoms with Gasteiger partial charge in [0, 0.05) is 22.4 Å². The summed E-state index contributed by atoms with van der Waals surface area (Å²) in [6.45, 7) is 3.63. The van der Waals surface area contributed by atoms with Crippen molar-refractivity contribution in [2.24, 2.45) is 0 Å². The quantitative estimate of drug-likeness (QED) is 0.291. The third-order valence-electron chi connectivity index (χ3n) is 0.901. The van der Waals surface area contributed by atoms with Crippen LogP contribution in [-0.4, -0.2) is 11.3 Å². The molecule has 0 N–H and O–H groups in total. The van der Waals surface area contributed by atoms with Crippen molar-refractivity contribution in [1.82, 2.24) is 0 Å². The van der Waals surface area contributed by atoms with Gasteiger partial charge in [0.2, 0.25) is 0 Å². The Balaban J connectivity index is 0. The van der Waals surface area contributed by atoms with Crippen molar-refractivity contribution in [3.8, 4) is 0 Å². The second-order valence-electron chi connectivity index (χ2n) is 1.78. The summed E-state index contributed by atoms with van der Waals surface area (Å²) in [4.78, 5) is 0. The van der Waals surface area contributed by atoms with Gasteiger partial charge in [-0.25, -0.2) is 0 Å². The summed E-state index contributed by atoms with van der Waals surface area (Å²) < 4.78 is 0. The Morgan fingerprint density at radius 3 is 2.22 bits per heavy atom. The molecule has 0 fully saturated rings. The molecule has 0 saturated carbocycles. The van der Waals surface area contributed by atoms with Gasteiger partial charge in [-0.15, -0.1) is 11.6 Å². The van der Waals surface area contributed by atoms with Crippen molar-refractivity contribution in [3.63, 3.8) is 0 Å². The van der Waals surface area contributed by atoms with Crippen LogP contribution in [0.2, 0.25) is 0 Å². The van der Waals surface area contributed by atoms with E-state index in [9.17, 15) is 0 Å². The molecular formula is C6H11Cl2Ni-. The molecule has 0 aromatic heterocycles. The molecule has 0 heterocycles. The van der Waals surface area contributed by atoms with Gasteiger partial charge in [-0.1, -0.05) is 18.2 Å². The van der Waals surface area contributed by atoms with Crippen LogP contribution in [0.5, 0.6) is 0 Å². The number of halogens is 2. The van der Waals surface area contributed by atoms with Gasteiger partial charge in [0.25, 0.3) is 0 Å². The first-order chi connectivity index (χ1) is 3.77. The van der Waals surface area contributed by atoms with Gasteiger partial charge >= 0.3 is 0 Å². The Morgan fingerprint density at radius 2 is 1.89 bits per heavy atom. The molecule has 0 bridgehead atoms. The third-order valence-corrected chi connectivity index (χ3v) is 1.39. The van der Waals surface area contributed by atoms with E-state index in [-0.39, 0.29) is 21.9 Å². The molecule has 0 aliphatic carbocycles. The molecule has 9 heavy (non-hydrogen) atoms. The van der Waals surface area contributed by atoms with E-state index < -0.39 is 0 Å². The molecule has 0 spiro atoms. The van der Waals surface area contributed by atoms with E-state index in [0.717, 1.165) is 25.1 Å². The summed E-state index contributed by atoms with van der Waals surface area (Å²) in [6, 6.07) is 0. The average Bonchev–Trinajstić information content (AvgIpc) is 1.66. The largest absolute Gasteiger partial charge is 0.326 e. The van der Waals surface area contributed by atoms with Gasteiger partial charge in [-0.2, -0.15) is 11.6 Å². The monoisotopic (exact) mass is 211 g/mol. The minimum Gasteiger partial charge on any atom is -0.326 e. The molecule has 3 heteroatoms. The first kappa shape index (κ1) is 12.7. The van der Waals surface area contributed by atoms with Crippen LogP contribution in [0.3, 0.4) is 0 Å². The summed E-state index contributed by atoms with van der Waals surface area (Å²) in [5, 5.41) is 0.0678. The van der Waals surface area contributed by atoms with E-state index in [1.165, 1.54) is 0 Å². The fourth-order valence-corrected chi connectivity index (χ4v) is 0.804. The minimum atomic E-state index is 0. The van der Waals surface area contributed by atoms with E-state index in [1.54, 1.807) is 0 Å². The van der Waals surface area contributed by atoms with Gasteiger partial charge in [-0.05, 0) is 6.42 Å². The molecule has 0 aliphatic rings. The first-order valence-electron chi connectivity index (χ1n) is 2.80. The van der Waals surface area contributed by atoms with Crippen molar-refractivity contribution in [1.29, 1.82) is 0 Å². The van der Waals surface area contributed by atoms with Crippen molar-refractivity contribution >= 4 is 23.2 Å². The van der Waals surface area contributed by atoms with Crippen LogP contribution in [0, 0.1) is 6.92 Å². The molecule has 0 nitrogen and oxygen atoms in total. The zero-order valence-corrected chi connectivity index (χ0v) is 7.68. The second kappa shape index (κ2) is 9.07. The Hall–Kier alpha value is 1.07. The van der Waals surface area contributed by atoms with Crippen LogP contribution in [0.1, 0.15) is 19.3 Å². The summed E-state index contributed by atoms with van der Waals surface area (Å²) >= 11 is 11.0. The number of alkyl halides is 2. The topological polar surface area (TPSA) is 0 Å². The average molecular weight is 213 g/mol. The SMILES string of the molecule is [CH2-]C(Cl)CCCCCl.[Ni]. The summed E-state index contributed by atoms with van der Waals surface area (Å²) in [5.74, 6) is 0.740. The van der Waals surface area contributed by atoms with Crippen molar-refractivity contribution in [3.05, 3.63) is 6.92 Å². The van der Waals surface area contributed by atoms with Crippen LogP contribution >= 0.6 is 23.2 Å². The molecule has 0 radical (unpaired) electrons. The Morgan fingerprint density at radius 1 is 1.33 bits per heavy atom. The van der Waals surface area contributed by atoms with E-state index in [2.05, 4.69) is 6.92 Å². The maximum absolute atomic E-state index is 5.56. The third kappa shape index (κ3) is 12.3. The summed E-state index contributed by atoms with van der Waals surface area (Å²) in [6.07, 6.45) is 3.13. The van der Waals surface area contributed by atoms with E-state index in [4.69, 9.17) is 23.2 Å². The van der Waals surface area contributed by atoms with Crippen LogP contribution in [0.4, 0.5) is 0 Å². The summed E-state index contributed by atoms with van der Waals surface area (Å²) in [7, 11) is 0. The maximum atomic E-state index is 5.56.